The van der Waals surface area contributed by atoms with Gasteiger partial charge in [0.15, 0.2) is 0 Å². The summed E-state index contributed by atoms with van der Waals surface area (Å²) in [5, 5.41) is 0.502. The number of aromatic nitrogens is 1. The van der Waals surface area contributed by atoms with E-state index in [9.17, 15) is 4.57 Å². The molecule has 1 aromatic heterocycles. The van der Waals surface area contributed by atoms with E-state index in [1.807, 2.05) is 13.8 Å². The van der Waals surface area contributed by atoms with Gasteiger partial charge in [-0.15, -0.1) is 4.76 Å². The van der Waals surface area contributed by atoms with Gasteiger partial charge in [0.25, 0.3) is 6.02 Å². The second-order valence-electron chi connectivity index (χ2n) is 6.85. The number of aryl methyl sites for hydroxylation is 1. The lowest BCUT2D eigenvalue weighted by molar-refractivity contribution is 0.226. The third-order valence-corrected chi connectivity index (χ3v) is 8.96. The van der Waals surface area contributed by atoms with Crippen LogP contribution in [0.2, 0.25) is 5.02 Å². The molecule has 0 amide bonds. The smallest absolute Gasteiger partial charge is 0.426 e. The predicted octanol–water partition coefficient (Wildman–Crippen LogP) is 7.73. The van der Waals surface area contributed by atoms with Gasteiger partial charge in [0.1, 0.15) is 4.60 Å². The molecule has 1 aromatic rings. The number of pyridine rings is 1. The Morgan fingerprint density at radius 1 is 1.23 bits per heavy atom. The minimum absolute atomic E-state index is 0.227. The van der Waals surface area contributed by atoms with Crippen molar-refractivity contribution in [3.05, 3.63) is 21.3 Å². The number of nitrogens with zero attached hydrogens (tertiary/aromatic N) is 3. The lowest BCUT2D eigenvalue weighted by Crippen LogP contribution is -2.34. The predicted molar refractivity (Wildman–Crippen MR) is 133 cm³/mol. The van der Waals surface area contributed by atoms with Gasteiger partial charge >= 0.3 is 6.72 Å². The summed E-state index contributed by atoms with van der Waals surface area (Å²) in [6, 6.07) is 2.07. The molecule has 6 nitrogen and oxygen atoms in total. The number of halogens is 2. The van der Waals surface area contributed by atoms with Crippen LogP contribution in [-0.2, 0) is 9.30 Å². The fourth-order valence-corrected chi connectivity index (χ4v) is 6.36. The molecule has 1 atom stereocenters. The molecule has 0 N–H and O–H groups in total. The van der Waals surface area contributed by atoms with E-state index < -0.39 is 6.72 Å². The summed E-state index contributed by atoms with van der Waals surface area (Å²) in [5.41, 5.74) is 0.780. The molecule has 1 heterocycles. The minimum Gasteiger partial charge on any atom is -0.465 e. The van der Waals surface area contributed by atoms with Crippen molar-refractivity contribution in [1.29, 1.82) is 0 Å². The van der Waals surface area contributed by atoms with Crippen LogP contribution in [0.15, 0.2) is 15.4 Å². The summed E-state index contributed by atoms with van der Waals surface area (Å²) in [7, 11) is 0. The summed E-state index contributed by atoms with van der Waals surface area (Å²) in [6.45, 7) is 8.77. The maximum Gasteiger partial charge on any atom is 0.426 e. The van der Waals surface area contributed by atoms with Gasteiger partial charge in [0.05, 0.1) is 11.6 Å². The van der Waals surface area contributed by atoms with E-state index >= 15 is 0 Å². The fourth-order valence-electron chi connectivity index (χ4n) is 2.48. The zero-order chi connectivity index (χ0) is 22.6. The molecule has 1 unspecified atom stereocenters. The average molecular weight is 543 g/mol. The largest absolute Gasteiger partial charge is 0.465 e. The molecule has 0 saturated heterocycles. The van der Waals surface area contributed by atoms with Crippen LogP contribution in [-0.4, -0.2) is 41.4 Å². The summed E-state index contributed by atoms with van der Waals surface area (Å²) in [4.78, 5) is 6.33. The Kier molecular flexibility index (Phi) is 13.4. The number of amidine groups is 1. The molecule has 0 bridgehead atoms. The molecule has 30 heavy (non-hydrogen) atoms. The Hall–Kier alpha value is -0.430. The van der Waals surface area contributed by atoms with Gasteiger partial charge in [-0.25, -0.2) is 9.55 Å². The molecule has 0 saturated carbocycles. The van der Waals surface area contributed by atoms with E-state index in [1.54, 1.807) is 6.07 Å². The molecule has 10 heteroatoms. The van der Waals surface area contributed by atoms with Crippen LogP contribution in [0.3, 0.4) is 0 Å². The molecule has 0 aliphatic rings. The van der Waals surface area contributed by atoms with E-state index in [-0.39, 0.29) is 5.88 Å². The second-order valence-corrected chi connectivity index (χ2v) is 12.1. The Labute approximate surface area is 198 Å². The summed E-state index contributed by atoms with van der Waals surface area (Å²) >= 11 is 10.7. The first kappa shape index (κ1) is 27.6. The maximum atomic E-state index is 13.8. The average Bonchev–Trinajstić information content (AvgIpc) is 2.70. The van der Waals surface area contributed by atoms with Crippen LogP contribution in [0.4, 0.5) is 0 Å². The molecule has 0 radical (unpaired) electrons. The van der Waals surface area contributed by atoms with Gasteiger partial charge in [0, 0.05) is 24.9 Å². The van der Waals surface area contributed by atoms with Crippen LogP contribution in [0.25, 0.3) is 0 Å². The number of unbranched alkanes of at least 4 members (excludes halogenated alkanes) is 1. The highest BCUT2D eigenvalue weighted by Gasteiger charge is 2.29. The zero-order valence-corrected chi connectivity index (χ0v) is 22.7. The summed E-state index contributed by atoms with van der Waals surface area (Å²) in [6.07, 6.45) is 4.64. The third kappa shape index (κ3) is 9.37. The van der Waals surface area contributed by atoms with Gasteiger partial charge < -0.3 is 14.2 Å². The Morgan fingerprint density at radius 3 is 2.43 bits per heavy atom. The SMILES string of the molecule is CCCCOC(=NP(=O)(Oc1cc(C)c(Cl)c(Br)n1)SCCC)N(CCC)CCC. The van der Waals surface area contributed by atoms with Crippen molar-refractivity contribution in [1.82, 2.24) is 9.88 Å². The van der Waals surface area contributed by atoms with Crippen LogP contribution >= 0.6 is 45.6 Å². The first-order chi connectivity index (χ1) is 14.3. The fraction of sp³-hybridized carbons (Fsp3) is 0.700. The monoisotopic (exact) mass is 541 g/mol. The molecule has 0 spiro atoms. The molecule has 1 rings (SSSR count). The van der Waals surface area contributed by atoms with E-state index in [1.165, 1.54) is 11.4 Å². The maximum absolute atomic E-state index is 13.8. The van der Waals surface area contributed by atoms with Crippen LogP contribution < -0.4 is 4.52 Å². The van der Waals surface area contributed by atoms with E-state index in [2.05, 4.69) is 51.3 Å². The zero-order valence-electron chi connectivity index (χ0n) is 18.6. The van der Waals surface area contributed by atoms with Crippen LogP contribution in [0.5, 0.6) is 5.88 Å². The normalized spacial score (nSPS) is 13.8. The highest BCUT2D eigenvalue weighted by molar-refractivity contribution is 9.10. The van der Waals surface area contributed by atoms with Gasteiger partial charge in [-0.05, 0) is 65.5 Å². The highest BCUT2D eigenvalue weighted by Crippen LogP contribution is 2.61. The standard InChI is InChI=1S/C20H34BrClN3O3PS/c1-6-10-13-27-20(25(11-7-2)12-8-3)24-29(26,30-14-9-4)28-17-15-16(5)18(22)19(21)23-17/h15H,6-14H2,1-5H3. The molecular weight excluding hydrogens is 509 g/mol. The first-order valence-electron chi connectivity index (χ1n) is 10.5. The molecule has 0 fully saturated rings. The first-order valence-corrected chi connectivity index (χ1v) is 14.9. The Morgan fingerprint density at radius 2 is 1.90 bits per heavy atom. The van der Waals surface area contributed by atoms with E-state index in [0.29, 0.717) is 28.0 Å². The van der Waals surface area contributed by atoms with Crippen molar-refractivity contribution < 1.29 is 13.8 Å². The quantitative estimate of drug-likeness (QED) is 0.0835. The lowest BCUT2D eigenvalue weighted by atomic mass is 10.3. The third-order valence-electron chi connectivity index (χ3n) is 3.94. The van der Waals surface area contributed by atoms with Gasteiger partial charge in [-0.2, -0.15) is 0 Å². The molecular formula is C20H34BrClN3O3PS. The van der Waals surface area contributed by atoms with Gasteiger partial charge in [0.2, 0.25) is 5.88 Å². The number of rotatable bonds is 13. The summed E-state index contributed by atoms with van der Waals surface area (Å²) in [5.74, 6) is 0.878. The van der Waals surface area contributed by atoms with Crippen LogP contribution in [0.1, 0.15) is 65.4 Å². The van der Waals surface area contributed by atoms with Crippen molar-refractivity contribution in [2.24, 2.45) is 4.76 Å². The highest BCUT2D eigenvalue weighted by atomic mass is 79.9. The van der Waals surface area contributed by atoms with Crippen molar-refractivity contribution in [2.45, 2.75) is 66.7 Å². The molecule has 172 valence electrons. The van der Waals surface area contributed by atoms with Crippen molar-refractivity contribution in [3.8, 4) is 5.88 Å². The van der Waals surface area contributed by atoms with E-state index in [0.717, 1.165) is 50.8 Å². The van der Waals surface area contributed by atoms with Gasteiger partial charge in [-0.3, -0.25) is 0 Å². The van der Waals surface area contributed by atoms with Crippen LogP contribution in [0, 0.1) is 6.92 Å². The minimum atomic E-state index is -3.51. The van der Waals surface area contributed by atoms with E-state index in [4.69, 9.17) is 20.9 Å². The number of hydrogen-bond acceptors (Lipinski definition) is 5. The van der Waals surface area contributed by atoms with Crippen molar-refractivity contribution in [2.75, 3.05) is 25.4 Å². The summed E-state index contributed by atoms with van der Waals surface area (Å²) < 4.78 is 30.7. The Balaban J connectivity index is 3.31. The lowest BCUT2D eigenvalue weighted by Gasteiger charge is -2.26. The van der Waals surface area contributed by atoms with Crippen molar-refractivity contribution >= 4 is 51.7 Å². The molecule has 0 aliphatic heterocycles. The van der Waals surface area contributed by atoms with Crippen molar-refractivity contribution in [3.63, 3.8) is 0 Å². The molecule has 0 aliphatic carbocycles. The second kappa shape index (κ2) is 14.6. The Bertz CT molecular complexity index is 710. The molecule has 0 aromatic carbocycles. The number of hydrogen-bond donors (Lipinski definition) is 0. The topological polar surface area (TPSA) is 64.0 Å². The van der Waals surface area contributed by atoms with Gasteiger partial charge in [-0.1, -0.05) is 45.7 Å². The number of ether oxygens (including phenoxy) is 1.